The smallest absolute Gasteiger partial charge is 0.253 e. The number of carbonyl (C=O) groups is 3. The van der Waals surface area contributed by atoms with Crippen molar-refractivity contribution in [3.63, 3.8) is 0 Å². The van der Waals surface area contributed by atoms with Crippen LogP contribution < -0.4 is 4.90 Å². The molecule has 2 saturated heterocycles. The number of carbonyl (C=O) groups excluding carboxylic acids is 3. The SMILES string of the molecule is CN1CC=C[C@@H]2O[C@]34C=CCN(c5ccc(Cl)cc5)C(=O)C3N(CCCO)C(=O)[C@@H]4[C@@H]2C1=O. The maximum absolute atomic E-state index is 14.0. The Morgan fingerprint density at radius 2 is 1.85 bits per heavy atom. The minimum absolute atomic E-state index is 0.115. The lowest BCUT2D eigenvalue weighted by Gasteiger charge is -2.35. The Morgan fingerprint density at radius 3 is 2.58 bits per heavy atom. The number of likely N-dealkylation sites (tertiary alicyclic amines) is 1. The standard InChI is InChI=1S/C24H26ClN3O5/c1-26-11-2-5-17-18(21(26)30)19-22(31)28(13-4-14-29)20-23(32)27(12-3-10-24(19,20)33-17)16-8-6-15(25)7-9-16/h2-3,5-10,17-20,29H,4,11-14H2,1H3/t17-,18+,19-,20?,24-/m0/s1. The van der Waals surface area contributed by atoms with Crippen LogP contribution in [0, 0.1) is 11.8 Å². The number of hydrogen-bond donors (Lipinski definition) is 1. The zero-order chi connectivity index (χ0) is 23.3. The molecule has 0 radical (unpaired) electrons. The summed E-state index contributed by atoms with van der Waals surface area (Å²) in [4.78, 5) is 45.7. The van der Waals surface area contributed by atoms with Crippen molar-refractivity contribution in [2.75, 3.05) is 38.2 Å². The molecule has 3 amide bonds. The number of rotatable bonds is 4. The molecule has 0 aliphatic carbocycles. The average Bonchev–Trinajstić information content (AvgIpc) is 3.12. The van der Waals surface area contributed by atoms with Crippen LogP contribution in [-0.4, -0.2) is 83.7 Å². The third kappa shape index (κ3) is 3.31. The van der Waals surface area contributed by atoms with E-state index in [0.29, 0.717) is 30.2 Å². The van der Waals surface area contributed by atoms with Crippen molar-refractivity contribution in [3.05, 3.63) is 53.6 Å². The molecule has 0 saturated carbocycles. The maximum Gasteiger partial charge on any atom is 0.253 e. The van der Waals surface area contributed by atoms with E-state index in [-0.39, 0.29) is 30.9 Å². The molecule has 2 fully saturated rings. The van der Waals surface area contributed by atoms with Gasteiger partial charge in [0.25, 0.3) is 5.91 Å². The molecule has 0 bridgehead atoms. The second-order valence-electron chi connectivity index (χ2n) is 8.93. The van der Waals surface area contributed by atoms with Crippen molar-refractivity contribution in [2.24, 2.45) is 11.8 Å². The van der Waals surface area contributed by atoms with Gasteiger partial charge < -0.3 is 24.5 Å². The van der Waals surface area contributed by atoms with Gasteiger partial charge in [0.2, 0.25) is 11.8 Å². The Kier molecular flexibility index (Phi) is 5.55. The Bertz CT molecular complexity index is 1040. The number of aliphatic hydroxyl groups is 1. The van der Waals surface area contributed by atoms with Crippen LogP contribution in [0.4, 0.5) is 5.69 Å². The first-order valence-electron chi connectivity index (χ1n) is 11.1. The van der Waals surface area contributed by atoms with E-state index in [1.165, 1.54) is 4.90 Å². The van der Waals surface area contributed by atoms with Crippen LogP contribution in [0.15, 0.2) is 48.6 Å². The lowest BCUT2D eigenvalue weighted by molar-refractivity contribution is -0.143. The van der Waals surface area contributed by atoms with Gasteiger partial charge in [0.15, 0.2) is 0 Å². The number of amides is 3. The highest BCUT2D eigenvalue weighted by atomic mass is 35.5. The number of fused-ring (bicyclic) bond motifs is 2. The number of halogens is 1. The fourth-order valence-corrected chi connectivity index (χ4v) is 5.72. The first-order chi connectivity index (χ1) is 15.9. The third-order valence-electron chi connectivity index (χ3n) is 7.06. The van der Waals surface area contributed by atoms with Crippen LogP contribution in [0.25, 0.3) is 0 Å². The molecule has 1 unspecified atom stereocenters. The first kappa shape index (κ1) is 22.1. The predicted octanol–water partition coefficient (Wildman–Crippen LogP) is 1.23. The van der Waals surface area contributed by atoms with E-state index in [1.807, 2.05) is 24.3 Å². The molecule has 4 aliphatic heterocycles. The molecule has 174 valence electrons. The number of ether oxygens (including phenoxy) is 1. The summed E-state index contributed by atoms with van der Waals surface area (Å²) in [6, 6.07) is 6.01. The lowest BCUT2D eigenvalue weighted by Crippen LogP contribution is -2.55. The molecule has 5 rings (SSSR count). The zero-order valence-corrected chi connectivity index (χ0v) is 19.0. The molecule has 4 aliphatic rings. The number of anilines is 1. The van der Waals surface area contributed by atoms with E-state index in [0.717, 1.165) is 0 Å². The Balaban J connectivity index is 1.61. The van der Waals surface area contributed by atoms with Gasteiger partial charge >= 0.3 is 0 Å². The van der Waals surface area contributed by atoms with Gasteiger partial charge in [0.1, 0.15) is 11.6 Å². The van der Waals surface area contributed by atoms with Gasteiger partial charge in [-0.1, -0.05) is 35.9 Å². The molecule has 0 aromatic heterocycles. The molecule has 8 nitrogen and oxygen atoms in total. The molecule has 4 heterocycles. The Labute approximate surface area is 197 Å². The maximum atomic E-state index is 14.0. The fraction of sp³-hybridized carbons (Fsp3) is 0.458. The Morgan fingerprint density at radius 1 is 1.09 bits per heavy atom. The molecule has 1 aromatic rings. The van der Waals surface area contributed by atoms with Gasteiger partial charge in [-0.3, -0.25) is 14.4 Å². The minimum Gasteiger partial charge on any atom is -0.396 e. The molecule has 1 N–H and O–H groups in total. The van der Waals surface area contributed by atoms with E-state index < -0.39 is 29.6 Å². The first-order valence-corrected chi connectivity index (χ1v) is 11.5. The van der Waals surface area contributed by atoms with Crippen LogP contribution in [0.1, 0.15) is 6.42 Å². The van der Waals surface area contributed by atoms with E-state index >= 15 is 0 Å². The second kappa shape index (κ2) is 8.27. The molecule has 9 heteroatoms. The van der Waals surface area contributed by atoms with E-state index in [2.05, 4.69) is 0 Å². The summed E-state index contributed by atoms with van der Waals surface area (Å²) in [5.74, 6) is -2.24. The molecular formula is C24H26ClN3O5. The summed E-state index contributed by atoms with van der Waals surface area (Å²) >= 11 is 6.03. The second-order valence-corrected chi connectivity index (χ2v) is 9.36. The van der Waals surface area contributed by atoms with Gasteiger partial charge in [0, 0.05) is 44.0 Å². The average molecular weight is 472 g/mol. The molecule has 1 aromatic carbocycles. The minimum atomic E-state index is -1.25. The highest BCUT2D eigenvalue weighted by Gasteiger charge is 2.71. The topological polar surface area (TPSA) is 90.4 Å². The predicted molar refractivity (Wildman–Crippen MR) is 122 cm³/mol. The number of likely N-dealkylation sites (N-methyl/N-ethyl adjacent to an activating group) is 1. The Hall–Kier alpha value is -2.68. The monoisotopic (exact) mass is 471 g/mol. The fourth-order valence-electron chi connectivity index (χ4n) is 5.60. The van der Waals surface area contributed by atoms with E-state index in [1.54, 1.807) is 41.1 Å². The zero-order valence-electron chi connectivity index (χ0n) is 18.3. The summed E-state index contributed by atoms with van der Waals surface area (Å²) in [5.41, 5.74) is -0.592. The van der Waals surface area contributed by atoms with Crippen LogP contribution in [0.2, 0.25) is 5.02 Å². The van der Waals surface area contributed by atoms with Gasteiger partial charge in [-0.15, -0.1) is 0 Å². The van der Waals surface area contributed by atoms with E-state index in [4.69, 9.17) is 16.3 Å². The largest absolute Gasteiger partial charge is 0.396 e. The van der Waals surface area contributed by atoms with Gasteiger partial charge in [-0.25, -0.2) is 0 Å². The van der Waals surface area contributed by atoms with Crippen LogP contribution in [-0.2, 0) is 19.1 Å². The van der Waals surface area contributed by atoms with Crippen molar-refractivity contribution in [2.45, 2.75) is 24.2 Å². The summed E-state index contributed by atoms with van der Waals surface area (Å²) in [6.45, 7) is 0.832. The van der Waals surface area contributed by atoms with Gasteiger partial charge in [-0.2, -0.15) is 0 Å². The van der Waals surface area contributed by atoms with E-state index in [9.17, 15) is 19.5 Å². The summed E-state index contributed by atoms with van der Waals surface area (Å²) < 4.78 is 6.50. The van der Waals surface area contributed by atoms with Crippen LogP contribution >= 0.6 is 11.6 Å². The van der Waals surface area contributed by atoms with Crippen LogP contribution in [0.3, 0.4) is 0 Å². The third-order valence-corrected chi connectivity index (χ3v) is 7.31. The molecule has 5 atom stereocenters. The number of nitrogens with zero attached hydrogens (tertiary/aromatic N) is 3. The lowest BCUT2D eigenvalue weighted by atomic mass is 9.77. The van der Waals surface area contributed by atoms with Crippen molar-refractivity contribution in [3.8, 4) is 0 Å². The summed E-state index contributed by atoms with van der Waals surface area (Å²) in [5, 5.41) is 9.99. The van der Waals surface area contributed by atoms with Crippen molar-refractivity contribution in [1.29, 1.82) is 0 Å². The van der Waals surface area contributed by atoms with Crippen molar-refractivity contribution < 1.29 is 24.2 Å². The highest BCUT2D eigenvalue weighted by molar-refractivity contribution is 6.30. The van der Waals surface area contributed by atoms with Crippen molar-refractivity contribution >= 4 is 35.0 Å². The quantitative estimate of drug-likeness (QED) is 0.667. The van der Waals surface area contributed by atoms with Crippen LogP contribution in [0.5, 0.6) is 0 Å². The van der Waals surface area contributed by atoms with Gasteiger partial charge in [0.05, 0.1) is 17.9 Å². The number of hydrogen-bond acceptors (Lipinski definition) is 5. The summed E-state index contributed by atoms with van der Waals surface area (Å²) in [7, 11) is 1.71. The summed E-state index contributed by atoms with van der Waals surface area (Å²) in [6.07, 6.45) is 7.09. The number of benzene rings is 1. The van der Waals surface area contributed by atoms with Gasteiger partial charge in [-0.05, 0) is 30.7 Å². The van der Waals surface area contributed by atoms with Crippen molar-refractivity contribution in [1.82, 2.24) is 9.80 Å². The number of aliphatic hydroxyl groups excluding tert-OH is 1. The normalized spacial score (nSPS) is 33.2. The molecule has 33 heavy (non-hydrogen) atoms. The molecule has 1 spiro atoms. The molecular weight excluding hydrogens is 446 g/mol. The highest BCUT2D eigenvalue weighted by Crippen LogP contribution is 2.53.